The van der Waals surface area contributed by atoms with Crippen LogP contribution in [0.5, 0.6) is 5.75 Å². The molecule has 84 valence electrons. The Labute approximate surface area is 87.6 Å². The van der Waals surface area contributed by atoms with Crippen LogP contribution >= 0.6 is 11.6 Å². The lowest BCUT2D eigenvalue weighted by molar-refractivity contribution is -0.274. The zero-order chi connectivity index (χ0) is 11.6. The summed E-state index contributed by atoms with van der Waals surface area (Å²) in [6, 6.07) is 1.61. The standard InChI is InChI=1S/C8H6ClF4NO/c9-3-4-6(15-8(11,12)13)2-1-5(10)7(4)14/h1-2H,3,14H2. The maximum Gasteiger partial charge on any atom is 0.573 e. The summed E-state index contributed by atoms with van der Waals surface area (Å²) in [4.78, 5) is 0. The fourth-order valence-corrected chi connectivity index (χ4v) is 1.25. The summed E-state index contributed by atoms with van der Waals surface area (Å²) in [5.41, 5.74) is 4.55. The predicted octanol–water partition coefficient (Wildman–Crippen LogP) is 3.05. The number of ether oxygens (including phenoxy) is 1. The molecule has 1 aromatic carbocycles. The van der Waals surface area contributed by atoms with Gasteiger partial charge in [-0.25, -0.2) is 4.39 Å². The Morgan fingerprint density at radius 2 is 1.93 bits per heavy atom. The third-order valence-electron chi connectivity index (χ3n) is 1.62. The molecule has 0 amide bonds. The Hall–Kier alpha value is -1.17. The second kappa shape index (κ2) is 4.14. The van der Waals surface area contributed by atoms with Gasteiger partial charge in [-0.3, -0.25) is 0 Å². The molecule has 7 heteroatoms. The number of anilines is 1. The monoisotopic (exact) mass is 243 g/mol. The number of nitrogen functional groups attached to an aromatic ring is 1. The predicted molar refractivity (Wildman–Crippen MR) is 47.1 cm³/mol. The first-order chi connectivity index (χ1) is 6.85. The molecule has 0 aliphatic heterocycles. The minimum absolute atomic E-state index is 0.214. The van der Waals surface area contributed by atoms with E-state index in [4.69, 9.17) is 17.3 Å². The van der Waals surface area contributed by atoms with Crippen molar-refractivity contribution in [3.8, 4) is 5.75 Å². The maximum atomic E-state index is 12.9. The number of rotatable bonds is 2. The van der Waals surface area contributed by atoms with Gasteiger partial charge < -0.3 is 10.5 Å². The van der Waals surface area contributed by atoms with E-state index >= 15 is 0 Å². The van der Waals surface area contributed by atoms with Gasteiger partial charge in [-0.05, 0) is 12.1 Å². The Balaban J connectivity index is 3.14. The third-order valence-corrected chi connectivity index (χ3v) is 1.89. The van der Waals surface area contributed by atoms with Crippen molar-refractivity contribution in [3.05, 3.63) is 23.5 Å². The SMILES string of the molecule is Nc1c(F)ccc(OC(F)(F)F)c1CCl. The molecule has 0 fully saturated rings. The Kier molecular flexibility index (Phi) is 3.28. The smallest absolute Gasteiger partial charge is 0.405 e. The summed E-state index contributed by atoms with van der Waals surface area (Å²) in [5, 5.41) is 0. The van der Waals surface area contributed by atoms with Crippen LogP contribution in [0, 0.1) is 5.82 Å². The lowest BCUT2D eigenvalue weighted by Gasteiger charge is -2.13. The van der Waals surface area contributed by atoms with Crippen molar-refractivity contribution in [2.45, 2.75) is 12.2 Å². The third kappa shape index (κ3) is 2.89. The van der Waals surface area contributed by atoms with Gasteiger partial charge in [0.05, 0.1) is 11.6 Å². The number of benzene rings is 1. The van der Waals surface area contributed by atoms with Gasteiger partial charge in [-0.2, -0.15) is 0 Å². The molecule has 0 saturated carbocycles. The van der Waals surface area contributed by atoms with Crippen LogP contribution in [0.25, 0.3) is 0 Å². The summed E-state index contributed by atoms with van der Waals surface area (Å²) < 4.78 is 52.2. The molecular formula is C8H6ClF4NO. The Bertz CT molecular complexity index is 366. The first kappa shape index (κ1) is 11.9. The average Bonchev–Trinajstić information content (AvgIpc) is 2.10. The molecule has 0 unspecified atom stereocenters. The van der Waals surface area contributed by atoms with Gasteiger partial charge in [0.25, 0.3) is 0 Å². The molecule has 0 aliphatic rings. The van der Waals surface area contributed by atoms with Gasteiger partial charge in [0.1, 0.15) is 11.6 Å². The molecule has 1 aromatic rings. The number of alkyl halides is 4. The maximum absolute atomic E-state index is 12.9. The van der Waals surface area contributed by atoms with E-state index in [1.807, 2.05) is 0 Å². The van der Waals surface area contributed by atoms with Crippen molar-refractivity contribution >= 4 is 17.3 Å². The minimum Gasteiger partial charge on any atom is -0.405 e. The van der Waals surface area contributed by atoms with Crippen LogP contribution in [0.15, 0.2) is 12.1 Å². The summed E-state index contributed by atoms with van der Waals surface area (Å²) in [6.07, 6.45) is -4.86. The molecule has 0 radical (unpaired) electrons. The molecule has 0 saturated heterocycles. The number of halogens is 5. The molecule has 0 bridgehead atoms. The highest BCUT2D eigenvalue weighted by atomic mass is 35.5. The zero-order valence-electron chi connectivity index (χ0n) is 7.24. The largest absolute Gasteiger partial charge is 0.573 e. The van der Waals surface area contributed by atoms with Gasteiger partial charge in [-0.15, -0.1) is 24.8 Å². The van der Waals surface area contributed by atoms with Crippen LogP contribution in [0.2, 0.25) is 0 Å². The van der Waals surface area contributed by atoms with Gasteiger partial charge in [0.15, 0.2) is 0 Å². The summed E-state index contributed by atoms with van der Waals surface area (Å²) >= 11 is 5.34. The van der Waals surface area contributed by atoms with Crippen molar-refractivity contribution in [2.75, 3.05) is 5.73 Å². The zero-order valence-corrected chi connectivity index (χ0v) is 7.99. The molecular weight excluding hydrogens is 238 g/mol. The lowest BCUT2D eigenvalue weighted by atomic mass is 10.2. The highest BCUT2D eigenvalue weighted by Gasteiger charge is 2.32. The van der Waals surface area contributed by atoms with E-state index in [-0.39, 0.29) is 11.4 Å². The molecule has 0 heterocycles. The van der Waals surface area contributed by atoms with Crippen LogP contribution in [-0.4, -0.2) is 6.36 Å². The molecule has 0 spiro atoms. The van der Waals surface area contributed by atoms with E-state index in [1.165, 1.54) is 0 Å². The topological polar surface area (TPSA) is 35.2 Å². The van der Waals surface area contributed by atoms with Gasteiger partial charge in [-0.1, -0.05) is 0 Å². The molecule has 2 nitrogen and oxygen atoms in total. The average molecular weight is 244 g/mol. The molecule has 1 rings (SSSR count). The highest BCUT2D eigenvalue weighted by Crippen LogP contribution is 2.32. The molecule has 15 heavy (non-hydrogen) atoms. The fourth-order valence-electron chi connectivity index (χ4n) is 0.974. The lowest BCUT2D eigenvalue weighted by Crippen LogP contribution is -2.18. The minimum atomic E-state index is -4.86. The van der Waals surface area contributed by atoms with Crippen molar-refractivity contribution in [2.24, 2.45) is 0 Å². The van der Waals surface area contributed by atoms with Crippen molar-refractivity contribution in [3.63, 3.8) is 0 Å². The molecule has 0 aliphatic carbocycles. The summed E-state index contributed by atoms with van der Waals surface area (Å²) in [5.74, 6) is -1.79. The number of hydrogen-bond donors (Lipinski definition) is 1. The van der Waals surface area contributed by atoms with Crippen LogP contribution in [0.3, 0.4) is 0 Å². The molecule has 0 aromatic heterocycles. The quantitative estimate of drug-likeness (QED) is 0.492. The van der Waals surface area contributed by atoms with E-state index in [2.05, 4.69) is 4.74 Å². The van der Waals surface area contributed by atoms with Gasteiger partial charge in [0, 0.05) is 5.56 Å². The van der Waals surface area contributed by atoms with Crippen LogP contribution in [-0.2, 0) is 5.88 Å². The van der Waals surface area contributed by atoms with E-state index in [1.54, 1.807) is 0 Å². The summed E-state index contributed by atoms with van der Waals surface area (Å²) in [7, 11) is 0. The Morgan fingerprint density at radius 1 is 1.33 bits per heavy atom. The van der Waals surface area contributed by atoms with Crippen molar-refractivity contribution < 1.29 is 22.3 Å². The van der Waals surface area contributed by atoms with E-state index < -0.39 is 23.6 Å². The first-order valence-electron chi connectivity index (χ1n) is 3.73. The first-order valence-corrected chi connectivity index (χ1v) is 4.27. The Morgan fingerprint density at radius 3 is 2.40 bits per heavy atom. The number of hydrogen-bond acceptors (Lipinski definition) is 2. The normalized spacial score (nSPS) is 11.5. The second-order valence-corrected chi connectivity index (χ2v) is 2.89. The molecule has 0 atom stereocenters. The van der Waals surface area contributed by atoms with Crippen LogP contribution in [0.4, 0.5) is 23.2 Å². The van der Waals surface area contributed by atoms with E-state index in [0.717, 1.165) is 12.1 Å². The van der Waals surface area contributed by atoms with Crippen LogP contribution < -0.4 is 10.5 Å². The fraction of sp³-hybridized carbons (Fsp3) is 0.250. The number of nitrogens with two attached hydrogens (primary N) is 1. The second-order valence-electron chi connectivity index (χ2n) is 2.62. The van der Waals surface area contributed by atoms with Gasteiger partial charge in [0.2, 0.25) is 0 Å². The highest BCUT2D eigenvalue weighted by molar-refractivity contribution is 6.17. The summed E-state index contributed by atoms with van der Waals surface area (Å²) in [6.45, 7) is 0. The van der Waals surface area contributed by atoms with Crippen molar-refractivity contribution in [1.29, 1.82) is 0 Å². The van der Waals surface area contributed by atoms with Gasteiger partial charge >= 0.3 is 6.36 Å². The van der Waals surface area contributed by atoms with Crippen molar-refractivity contribution in [1.82, 2.24) is 0 Å². The van der Waals surface area contributed by atoms with E-state index in [0.29, 0.717) is 0 Å². The van der Waals surface area contributed by atoms with Crippen LogP contribution in [0.1, 0.15) is 5.56 Å². The van der Waals surface area contributed by atoms with E-state index in [9.17, 15) is 17.6 Å². The molecule has 2 N–H and O–H groups in total.